The highest BCUT2D eigenvalue weighted by atomic mass is 79.9. The Kier molecular flexibility index (Phi) is 5.09. The summed E-state index contributed by atoms with van der Waals surface area (Å²) in [4.78, 5) is 20.4. The van der Waals surface area contributed by atoms with E-state index in [4.69, 9.17) is 0 Å². The fourth-order valence-electron chi connectivity index (χ4n) is 2.35. The van der Waals surface area contributed by atoms with Crippen LogP contribution in [0.4, 0.5) is 23.1 Å². The van der Waals surface area contributed by atoms with Crippen molar-refractivity contribution in [1.82, 2.24) is 9.97 Å². The first kappa shape index (κ1) is 17.1. The molecule has 2 aromatic carbocycles. The van der Waals surface area contributed by atoms with Crippen molar-refractivity contribution in [1.29, 1.82) is 0 Å². The number of ketones is 1. The molecule has 0 spiro atoms. The fourth-order valence-corrected chi connectivity index (χ4v) is 2.75. The zero-order valence-electron chi connectivity index (χ0n) is 13.9. The number of carbonyl (C=O) groups is 1. The maximum atomic E-state index is 11.5. The van der Waals surface area contributed by atoms with Gasteiger partial charge in [0.2, 0.25) is 5.95 Å². The Balaban J connectivity index is 1.84. The third kappa shape index (κ3) is 4.64. The summed E-state index contributed by atoms with van der Waals surface area (Å²) in [5, 5.41) is 6.42. The summed E-state index contributed by atoms with van der Waals surface area (Å²) >= 11 is 3.45. The number of rotatable bonds is 5. The molecule has 0 fully saturated rings. The van der Waals surface area contributed by atoms with E-state index in [1.165, 1.54) is 0 Å². The molecule has 2 N–H and O–H groups in total. The number of carbonyl (C=O) groups excluding carboxylic acids is 1. The van der Waals surface area contributed by atoms with E-state index in [1.54, 1.807) is 19.1 Å². The van der Waals surface area contributed by atoms with Crippen LogP contribution in [0.3, 0.4) is 0 Å². The molecule has 3 aromatic rings. The fraction of sp³-hybridized carbons (Fsp3) is 0.105. The van der Waals surface area contributed by atoms with Crippen LogP contribution < -0.4 is 10.6 Å². The van der Waals surface area contributed by atoms with Crippen LogP contribution in [-0.4, -0.2) is 15.8 Å². The van der Waals surface area contributed by atoms with Gasteiger partial charge in [0.25, 0.3) is 0 Å². The Morgan fingerprint density at radius 2 is 1.68 bits per heavy atom. The van der Waals surface area contributed by atoms with Crippen molar-refractivity contribution in [3.8, 4) is 0 Å². The molecule has 1 aromatic heterocycles. The van der Waals surface area contributed by atoms with E-state index >= 15 is 0 Å². The summed E-state index contributed by atoms with van der Waals surface area (Å²) in [5.41, 5.74) is 3.17. The lowest BCUT2D eigenvalue weighted by molar-refractivity contribution is 0.101. The number of halogens is 1. The van der Waals surface area contributed by atoms with E-state index in [0.717, 1.165) is 21.5 Å². The molecular formula is C19H17BrN4O. The normalized spacial score (nSPS) is 10.4. The smallest absolute Gasteiger partial charge is 0.229 e. The van der Waals surface area contributed by atoms with E-state index in [-0.39, 0.29) is 5.78 Å². The van der Waals surface area contributed by atoms with Crippen LogP contribution in [0.2, 0.25) is 0 Å². The topological polar surface area (TPSA) is 66.9 Å². The van der Waals surface area contributed by atoms with Crippen molar-refractivity contribution in [2.24, 2.45) is 0 Å². The molecule has 0 aliphatic rings. The van der Waals surface area contributed by atoms with Crippen LogP contribution in [0.25, 0.3) is 0 Å². The molecule has 0 saturated carbocycles. The van der Waals surface area contributed by atoms with Gasteiger partial charge in [-0.3, -0.25) is 4.79 Å². The first-order valence-electron chi connectivity index (χ1n) is 7.76. The number of nitrogens with one attached hydrogen (secondary N) is 2. The SMILES string of the molecule is CC(=O)c1cccc(Nc2nc(C)cc(Nc3cccc(Br)c3)n2)c1. The highest BCUT2D eigenvalue weighted by Crippen LogP contribution is 2.22. The van der Waals surface area contributed by atoms with Crippen molar-refractivity contribution in [2.75, 3.05) is 10.6 Å². The van der Waals surface area contributed by atoms with E-state index in [9.17, 15) is 4.79 Å². The van der Waals surface area contributed by atoms with Crippen molar-refractivity contribution in [3.05, 3.63) is 70.3 Å². The number of nitrogens with zero attached hydrogens (tertiary/aromatic N) is 2. The summed E-state index contributed by atoms with van der Waals surface area (Å²) in [7, 11) is 0. The number of aryl methyl sites for hydroxylation is 1. The van der Waals surface area contributed by atoms with Gasteiger partial charge in [0, 0.05) is 33.2 Å². The van der Waals surface area contributed by atoms with Gasteiger partial charge in [-0.1, -0.05) is 34.1 Å². The van der Waals surface area contributed by atoms with Crippen LogP contribution in [0.5, 0.6) is 0 Å². The molecule has 1 heterocycles. The molecule has 6 heteroatoms. The van der Waals surface area contributed by atoms with Crippen molar-refractivity contribution in [2.45, 2.75) is 13.8 Å². The quantitative estimate of drug-likeness (QED) is 0.577. The van der Waals surface area contributed by atoms with Gasteiger partial charge in [-0.25, -0.2) is 4.98 Å². The summed E-state index contributed by atoms with van der Waals surface area (Å²) in [5.74, 6) is 1.18. The predicted octanol–water partition coefficient (Wildman–Crippen LogP) is 5.24. The molecule has 0 aliphatic carbocycles. The largest absolute Gasteiger partial charge is 0.340 e. The molecule has 0 aliphatic heterocycles. The van der Waals surface area contributed by atoms with E-state index < -0.39 is 0 Å². The number of Topliss-reactive ketones (excluding diaryl/α,β-unsaturated/α-hetero) is 1. The monoisotopic (exact) mass is 396 g/mol. The molecule has 0 saturated heterocycles. The lowest BCUT2D eigenvalue weighted by Gasteiger charge is -2.10. The van der Waals surface area contributed by atoms with Crippen LogP contribution >= 0.6 is 15.9 Å². The summed E-state index contributed by atoms with van der Waals surface area (Å²) in [6, 6.07) is 17.0. The number of hydrogen-bond donors (Lipinski definition) is 2. The molecule has 0 amide bonds. The number of aromatic nitrogens is 2. The number of anilines is 4. The third-order valence-corrected chi connectivity index (χ3v) is 3.97. The van der Waals surface area contributed by atoms with Crippen LogP contribution in [0.15, 0.2) is 59.1 Å². The minimum atomic E-state index is 0.0193. The van der Waals surface area contributed by atoms with E-state index in [2.05, 4.69) is 36.5 Å². The minimum Gasteiger partial charge on any atom is -0.340 e. The van der Waals surface area contributed by atoms with Gasteiger partial charge in [-0.15, -0.1) is 0 Å². The first-order valence-corrected chi connectivity index (χ1v) is 8.55. The number of benzene rings is 2. The van der Waals surface area contributed by atoms with Crippen LogP contribution in [0.1, 0.15) is 23.0 Å². The lowest BCUT2D eigenvalue weighted by atomic mass is 10.1. The van der Waals surface area contributed by atoms with Gasteiger partial charge in [-0.2, -0.15) is 4.98 Å². The molecule has 25 heavy (non-hydrogen) atoms. The van der Waals surface area contributed by atoms with E-state index in [0.29, 0.717) is 17.3 Å². The third-order valence-electron chi connectivity index (χ3n) is 3.48. The predicted molar refractivity (Wildman–Crippen MR) is 104 cm³/mol. The second kappa shape index (κ2) is 7.44. The Hall–Kier alpha value is -2.73. The summed E-state index contributed by atoms with van der Waals surface area (Å²) in [6.07, 6.45) is 0. The van der Waals surface area contributed by atoms with Crippen molar-refractivity contribution in [3.63, 3.8) is 0 Å². The minimum absolute atomic E-state index is 0.0193. The maximum absolute atomic E-state index is 11.5. The van der Waals surface area contributed by atoms with Crippen LogP contribution in [0, 0.1) is 6.92 Å². The molecule has 0 atom stereocenters. The standard InChI is InChI=1S/C19H17BrN4O/c1-12-9-18(22-17-8-4-6-15(20)11-17)24-19(21-12)23-16-7-3-5-14(10-16)13(2)25/h3-11H,1-2H3,(H2,21,22,23,24). The van der Waals surface area contributed by atoms with Crippen molar-refractivity contribution >= 4 is 44.9 Å². The molecule has 5 nitrogen and oxygen atoms in total. The average Bonchev–Trinajstić information content (AvgIpc) is 2.54. The second-order valence-corrected chi connectivity index (χ2v) is 6.53. The van der Waals surface area contributed by atoms with Gasteiger partial charge >= 0.3 is 0 Å². The van der Waals surface area contributed by atoms with Gasteiger partial charge in [-0.05, 0) is 44.2 Å². The molecular weight excluding hydrogens is 380 g/mol. The van der Waals surface area contributed by atoms with Gasteiger partial charge in [0.15, 0.2) is 5.78 Å². The van der Waals surface area contributed by atoms with Gasteiger partial charge in [0.05, 0.1) is 0 Å². The highest BCUT2D eigenvalue weighted by molar-refractivity contribution is 9.10. The maximum Gasteiger partial charge on any atom is 0.229 e. The Morgan fingerprint density at radius 1 is 0.960 bits per heavy atom. The second-order valence-electron chi connectivity index (χ2n) is 5.62. The zero-order chi connectivity index (χ0) is 17.8. The Labute approximate surface area is 154 Å². The number of hydrogen-bond acceptors (Lipinski definition) is 5. The summed E-state index contributed by atoms with van der Waals surface area (Å²) in [6.45, 7) is 3.45. The zero-order valence-corrected chi connectivity index (χ0v) is 15.5. The van der Waals surface area contributed by atoms with Gasteiger partial charge < -0.3 is 10.6 Å². The Morgan fingerprint density at radius 3 is 2.40 bits per heavy atom. The van der Waals surface area contributed by atoms with Crippen molar-refractivity contribution < 1.29 is 4.79 Å². The van der Waals surface area contributed by atoms with Crippen LogP contribution in [-0.2, 0) is 0 Å². The molecule has 0 radical (unpaired) electrons. The van der Waals surface area contributed by atoms with Gasteiger partial charge in [0.1, 0.15) is 5.82 Å². The first-order chi connectivity index (χ1) is 12.0. The molecule has 126 valence electrons. The molecule has 0 unspecified atom stereocenters. The molecule has 3 rings (SSSR count). The summed E-state index contributed by atoms with van der Waals surface area (Å²) < 4.78 is 0.989. The van der Waals surface area contributed by atoms with E-state index in [1.807, 2.05) is 49.4 Å². The molecule has 0 bridgehead atoms. The average molecular weight is 397 g/mol. The Bertz CT molecular complexity index is 927. The highest BCUT2D eigenvalue weighted by Gasteiger charge is 2.06. The lowest BCUT2D eigenvalue weighted by Crippen LogP contribution is -2.03.